The maximum absolute atomic E-state index is 12.1. The highest BCUT2D eigenvalue weighted by molar-refractivity contribution is 5.97. The molecule has 0 fully saturated rings. The Hall–Kier alpha value is -3.22. The summed E-state index contributed by atoms with van der Waals surface area (Å²) in [6.07, 6.45) is 1.47. The SMILES string of the molecule is COc1cccc(/C=N\NC(=O)c2cccc([N+](=O)[O-])c2C)c1. The molecule has 0 heterocycles. The summed E-state index contributed by atoms with van der Waals surface area (Å²) in [4.78, 5) is 22.4. The van der Waals surface area contributed by atoms with Crippen LogP contribution < -0.4 is 10.2 Å². The van der Waals surface area contributed by atoms with Crippen LogP contribution >= 0.6 is 0 Å². The zero-order valence-electron chi connectivity index (χ0n) is 12.6. The molecule has 2 aromatic rings. The fourth-order valence-electron chi connectivity index (χ4n) is 2.01. The van der Waals surface area contributed by atoms with Crippen LogP contribution in [0.2, 0.25) is 0 Å². The average molecular weight is 313 g/mol. The van der Waals surface area contributed by atoms with E-state index in [2.05, 4.69) is 10.5 Å². The highest BCUT2D eigenvalue weighted by Gasteiger charge is 2.17. The molecule has 0 radical (unpaired) electrons. The minimum Gasteiger partial charge on any atom is -0.497 e. The van der Waals surface area contributed by atoms with Gasteiger partial charge in [-0.1, -0.05) is 18.2 Å². The summed E-state index contributed by atoms with van der Waals surface area (Å²) in [6, 6.07) is 11.5. The second kappa shape index (κ2) is 7.17. The molecule has 2 aromatic carbocycles. The van der Waals surface area contributed by atoms with Gasteiger partial charge in [-0.05, 0) is 30.7 Å². The normalized spacial score (nSPS) is 10.5. The molecule has 0 bridgehead atoms. The minimum absolute atomic E-state index is 0.102. The third-order valence-electron chi connectivity index (χ3n) is 3.22. The molecule has 0 aromatic heterocycles. The van der Waals surface area contributed by atoms with Crippen LogP contribution in [0.3, 0.4) is 0 Å². The van der Waals surface area contributed by atoms with Crippen LogP contribution in [0.25, 0.3) is 0 Å². The number of amides is 1. The molecule has 118 valence electrons. The standard InChI is InChI=1S/C16H15N3O4/c1-11-14(7-4-8-15(11)19(21)22)16(20)18-17-10-12-5-3-6-13(9-12)23-2/h3-10H,1-2H3,(H,18,20)/b17-10-. The summed E-state index contributed by atoms with van der Waals surface area (Å²) in [6.45, 7) is 1.53. The lowest BCUT2D eigenvalue weighted by Crippen LogP contribution is -2.19. The molecule has 2 rings (SSSR count). The largest absolute Gasteiger partial charge is 0.497 e. The van der Waals surface area contributed by atoms with E-state index in [0.717, 1.165) is 5.56 Å². The van der Waals surface area contributed by atoms with Crippen LogP contribution in [0.4, 0.5) is 5.69 Å². The molecular weight excluding hydrogens is 298 g/mol. The van der Waals surface area contributed by atoms with E-state index < -0.39 is 10.8 Å². The average Bonchev–Trinajstić information content (AvgIpc) is 2.54. The third-order valence-corrected chi connectivity index (χ3v) is 3.22. The number of hydrogen-bond donors (Lipinski definition) is 1. The van der Waals surface area contributed by atoms with E-state index in [4.69, 9.17) is 4.74 Å². The summed E-state index contributed by atoms with van der Waals surface area (Å²) in [5.74, 6) is 0.167. The Morgan fingerprint density at radius 3 is 2.74 bits per heavy atom. The van der Waals surface area contributed by atoms with Crippen LogP contribution in [-0.2, 0) is 0 Å². The zero-order valence-corrected chi connectivity index (χ0v) is 12.6. The van der Waals surface area contributed by atoms with Crippen molar-refractivity contribution in [2.24, 2.45) is 5.10 Å². The lowest BCUT2D eigenvalue weighted by Gasteiger charge is -2.04. The van der Waals surface area contributed by atoms with Crippen molar-refractivity contribution in [1.82, 2.24) is 5.43 Å². The predicted molar refractivity (Wildman–Crippen MR) is 85.9 cm³/mol. The first-order chi connectivity index (χ1) is 11.0. The summed E-state index contributed by atoms with van der Waals surface area (Å²) in [7, 11) is 1.56. The smallest absolute Gasteiger partial charge is 0.273 e. The molecule has 1 N–H and O–H groups in total. The molecule has 0 saturated carbocycles. The third kappa shape index (κ3) is 3.91. The Kier molecular flexibility index (Phi) is 5.03. The number of methoxy groups -OCH3 is 1. The van der Waals surface area contributed by atoms with E-state index in [0.29, 0.717) is 11.3 Å². The second-order valence-electron chi connectivity index (χ2n) is 4.68. The van der Waals surface area contributed by atoms with Gasteiger partial charge in [-0.2, -0.15) is 5.10 Å². The molecule has 0 spiro atoms. The van der Waals surface area contributed by atoms with Crippen molar-refractivity contribution in [1.29, 1.82) is 0 Å². The molecule has 7 nitrogen and oxygen atoms in total. The maximum Gasteiger partial charge on any atom is 0.273 e. The first-order valence-corrected chi connectivity index (χ1v) is 6.74. The molecule has 0 atom stereocenters. The molecule has 0 saturated heterocycles. The first kappa shape index (κ1) is 16.2. The lowest BCUT2D eigenvalue weighted by atomic mass is 10.1. The van der Waals surface area contributed by atoms with E-state index in [1.165, 1.54) is 31.3 Å². The second-order valence-corrected chi connectivity index (χ2v) is 4.68. The van der Waals surface area contributed by atoms with Gasteiger partial charge >= 0.3 is 0 Å². The number of nitrogens with zero attached hydrogens (tertiary/aromatic N) is 2. The number of rotatable bonds is 5. The minimum atomic E-state index is -0.522. The number of benzene rings is 2. The Morgan fingerprint density at radius 1 is 1.30 bits per heavy atom. The van der Waals surface area contributed by atoms with Gasteiger partial charge in [-0.15, -0.1) is 0 Å². The number of hydrazone groups is 1. The molecular formula is C16H15N3O4. The number of hydrogen-bond acceptors (Lipinski definition) is 5. The summed E-state index contributed by atoms with van der Waals surface area (Å²) in [5.41, 5.74) is 3.51. The van der Waals surface area contributed by atoms with Crippen molar-refractivity contribution in [3.8, 4) is 5.75 Å². The Morgan fingerprint density at radius 2 is 2.04 bits per heavy atom. The van der Waals surface area contributed by atoms with Gasteiger partial charge in [0.25, 0.3) is 11.6 Å². The molecule has 0 unspecified atom stereocenters. The summed E-state index contributed by atoms with van der Waals surface area (Å²) in [5, 5.41) is 14.7. The molecule has 0 aliphatic rings. The molecule has 0 aliphatic carbocycles. The number of ether oxygens (including phenoxy) is 1. The van der Waals surface area contributed by atoms with Crippen LogP contribution in [0, 0.1) is 17.0 Å². The quantitative estimate of drug-likeness (QED) is 0.521. The summed E-state index contributed by atoms with van der Waals surface area (Å²) < 4.78 is 5.09. The maximum atomic E-state index is 12.1. The molecule has 1 amide bonds. The zero-order chi connectivity index (χ0) is 16.8. The fraction of sp³-hybridized carbons (Fsp3) is 0.125. The highest BCUT2D eigenvalue weighted by Crippen LogP contribution is 2.20. The van der Waals surface area contributed by atoms with Gasteiger partial charge in [0.05, 0.1) is 23.8 Å². The van der Waals surface area contributed by atoms with Gasteiger partial charge in [0.1, 0.15) is 5.75 Å². The van der Waals surface area contributed by atoms with Crippen LogP contribution in [0.5, 0.6) is 5.75 Å². The van der Waals surface area contributed by atoms with E-state index in [1.807, 2.05) is 0 Å². The predicted octanol–water partition coefficient (Wildman–Crippen LogP) is 2.68. The Balaban J connectivity index is 2.12. The highest BCUT2D eigenvalue weighted by atomic mass is 16.6. The van der Waals surface area contributed by atoms with Gasteiger partial charge in [0.2, 0.25) is 0 Å². The fourth-order valence-corrected chi connectivity index (χ4v) is 2.01. The number of nitrogens with one attached hydrogen (secondary N) is 1. The Labute approximate surface area is 132 Å². The lowest BCUT2D eigenvalue weighted by molar-refractivity contribution is -0.385. The molecule has 0 aliphatic heterocycles. The topological polar surface area (TPSA) is 93.8 Å². The first-order valence-electron chi connectivity index (χ1n) is 6.74. The molecule has 23 heavy (non-hydrogen) atoms. The van der Waals surface area contributed by atoms with Crippen LogP contribution in [-0.4, -0.2) is 24.2 Å². The van der Waals surface area contributed by atoms with Crippen molar-refractivity contribution in [3.05, 3.63) is 69.3 Å². The van der Waals surface area contributed by atoms with Crippen molar-refractivity contribution in [2.45, 2.75) is 6.92 Å². The van der Waals surface area contributed by atoms with Gasteiger partial charge < -0.3 is 4.74 Å². The number of carbonyl (C=O) groups is 1. The van der Waals surface area contributed by atoms with Crippen LogP contribution in [0.15, 0.2) is 47.6 Å². The van der Waals surface area contributed by atoms with Gasteiger partial charge in [-0.25, -0.2) is 5.43 Å². The monoisotopic (exact) mass is 313 g/mol. The van der Waals surface area contributed by atoms with Crippen molar-refractivity contribution in [3.63, 3.8) is 0 Å². The number of carbonyl (C=O) groups excluding carboxylic acids is 1. The summed E-state index contributed by atoms with van der Waals surface area (Å²) >= 11 is 0. The van der Waals surface area contributed by atoms with Gasteiger partial charge in [0.15, 0.2) is 0 Å². The van der Waals surface area contributed by atoms with E-state index >= 15 is 0 Å². The van der Waals surface area contributed by atoms with Crippen molar-refractivity contribution in [2.75, 3.05) is 7.11 Å². The number of nitro groups is 1. The Bertz CT molecular complexity index is 772. The van der Waals surface area contributed by atoms with Gasteiger partial charge in [0, 0.05) is 11.6 Å². The van der Waals surface area contributed by atoms with E-state index in [-0.39, 0.29) is 11.3 Å². The van der Waals surface area contributed by atoms with E-state index in [9.17, 15) is 14.9 Å². The molecule has 7 heteroatoms. The number of nitro benzene ring substituents is 1. The van der Waals surface area contributed by atoms with Crippen molar-refractivity contribution < 1.29 is 14.5 Å². The van der Waals surface area contributed by atoms with Crippen LogP contribution in [0.1, 0.15) is 21.5 Å². The van der Waals surface area contributed by atoms with Crippen molar-refractivity contribution >= 4 is 17.8 Å². The van der Waals surface area contributed by atoms with Gasteiger partial charge in [-0.3, -0.25) is 14.9 Å². The van der Waals surface area contributed by atoms with E-state index in [1.54, 1.807) is 31.4 Å².